The van der Waals surface area contributed by atoms with Gasteiger partial charge in [0.25, 0.3) is 0 Å². The first-order valence-electron chi connectivity index (χ1n) is 9.43. The standard InChI is InChI=1S/C23H23NO3/c1-2-22(16-11-13-26-14-12-16)24-23(25)27-15-21-19-9-5-3-7-17(19)18-8-4-6-10-20(18)21/h1,3-10,16,21-22H,11-15H2,(H,24,25). The number of ether oxygens (including phenoxy) is 2. The van der Waals surface area contributed by atoms with E-state index >= 15 is 0 Å². The summed E-state index contributed by atoms with van der Waals surface area (Å²) in [4.78, 5) is 12.4. The Balaban J connectivity index is 1.42. The second kappa shape index (κ2) is 7.85. The van der Waals surface area contributed by atoms with Gasteiger partial charge in [0.2, 0.25) is 0 Å². The molecule has 1 unspecified atom stereocenters. The minimum atomic E-state index is -0.452. The number of carbonyl (C=O) groups is 1. The molecule has 27 heavy (non-hydrogen) atoms. The van der Waals surface area contributed by atoms with Crippen LogP contribution in [0, 0.1) is 18.3 Å². The van der Waals surface area contributed by atoms with Crippen molar-refractivity contribution in [1.29, 1.82) is 0 Å². The van der Waals surface area contributed by atoms with Gasteiger partial charge in [-0.1, -0.05) is 54.5 Å². The molecule has 1 N–H and O–H groups in total. The van der Waals surface area contributed by atoms with Crippen molar-refractivity contribution in [3.8, 4) is 23.5 Å². The minimum absolute atomic E-state index is 0.0514. The van der Waals surface area contributed by atoms with E-state index in [9.17, 15) is 4.79 Å². The highest BCUT2D eigenvalue weighted by molar-refractivity contribution is 5.79. The van der Waals surface area contributed by atoms with Crippen LogP contribution in [0.2, 0.25) is 0 Å². The van der Waals surface area contributed by atoms with E-state index in [2.05, 4.69) is 35.5 Å². The average molecular weight is 361 g/mol. The third kappa shape index (κ3) is 3.56. The molecule has 1 atom stereocenters. The molecule has 2 aromatic rings. The van der Waals surface area contributed by atoms with Crippen molar-refractivity contribution in [2.45, 2.75) is 24.8 Å². The Morgan fingerprint density at radius 1 is 1.11 bits per heavy atom. The molecule has 0 spiro atoms. The molecule has 1 amide bonds. The fourth-order valence-corrected chi connectivity index (χ4v) is 4.11. The van der Waals surface area contributed by atoms with E-state index in [4.69, 9.17) is 15.9 Å². The largest absolute Gasteiger partial charge is 0.449 e. The molecule has 138 valence electrons. The van der Waals surface area contributed by atoms with Crippen molar-refractivity contribution < 1.29 is 14.3 Å². The first kappa shape index (κ1) is 17.6. The van der Waals surface area contributed by atoms with Crippen LogP contribution >= 0.6 is 0 Å². The fraction of sp³-hybridized carbons (Fsp3) is 0.348. The van der Waals surface area contributed by atoms with Gasteiger partial charge < -0.3 is 14.8 Å². The van der Waals surface area contributed by atoms with E-state index in [0.29, 0.717) is 19.8 Å². The molecule has 4 rings (SSSR count). The maximum atomic E-state index is 12.4. The number of terminal acetylenes is 1. The molecule has 4 nitrogen and oxygen atoms in total. The maximum Gasteiger partial charge on any atom is 0.408 e. The number of nitrogens with one attached hydrogen (secondary N) is 1. The SMILES string of the molecule is C#CC(NC(=O)OCC1c2ccccc2-c2ccccc21)C1CCOCC1. The Bertz CT molecular complexity index is 818. The number of hydrogen-bond donors (Lipinski definition) is 1. The molecule has 0 bridgehead atoms. The molecule has 1 fully saturated rings. The third-order valence-electron chi connectivity index (χ3n) is 5.53. The molecular formula is C23H23NO3. The molecule has 2 aromatic carbocycles. The molecule has 1 aliphatic carbocycles. The zero-order valence-corrected chi connectivity index (χ0v) is 15.2. The van der Waals surface area contributed by atoms with Crippen molar-refractivity contribution >= 4 is 6.09 Å². The average Bonchev–Trinajstić information content (AvgIpc) is 3.05. The molecule has 0 radical (unpaired) electrons. The molecule has 4 heteroatoms. The second-order valence-electron chi connectivity index (χ2n) is 7.06. The Morgan fingerprint density at radius 2 is 1.70 bits per heavy atom. The summed E-state index contributed by atoms with van der Waals surface area (Å²) in [7, 11) is 0. The van der Waals surface area contributed by atoms with Gasteiger partial charge in [0.1, 0.15) is 6.61 Å². The van der Waals surface area contributed by atoms with E-state index in [1.165, 1.54) is 22.3 Å². The molecule has 0 aromatic heterocycles. The van der Waals surface area contributed by atoms with Crippen LogP contribution in [0.3, 0.4) is 0 Å². The first-order valence-corrected chi connectivity index (χ1v) is 9.43. The number of rotatable bonds is 4. The van der Waals surface area contributed by atoms with Gasteiger partial charge >= 0.3 is 6.09 Å². The van der Waals surface area contributed by atoms with Crippen LogP contribution in [-0.4, -0.2) is 32.0 Å². The zero-order valence-electron chi connectivity index (χ0n) is 15.2. The quantitative estimate of drug-likeness (QED) is 0.839. The maximum absolute atomic E-state index is 12.4. The summed E-state index contributed by atoms with van der Waals surface area (Å²) in [5, 5.41) is 2.86. The Labute approximate surface area is 159 Å². The molecular weight excluding hydrogens is 338 g/mol. The van der Waals surface area contributed by atoms with Crippen LogP contribution in [0.5, 0.6) is 0 Å². The van der Waals surface area contributed by atoms with Crippen LogP contribution in [0.1, 0.15) is 29.9 Å². The monoisotopic (exact) mass is 361 g/mol. The normalized spacial score (nSPS) is 17.4. The molecule has 2 aliphatic rings. The number of alkyl carbamates (subject to hydrolysis) is 1. The fourth-order valence-electron chi connectivity index (χ4n) is 4.11. The van der Waals surface area contributed by atoms with E-state index in [1.54, 1.807) is 0 Å². The van der Waals surface area contributed by atoms with Crippen LogP contribution < -0.4 is 5.32 Å². The van der Waals surface area contributed by atoms with Gasteiger partial charge in [-0.15, -0.1) is 6.42 Å². The second-order valence-corrected chi connectivity index (χ2v) is 7.06. The lowest BCUT2D eigenvalue weighted by Crippen LogP contribution is -2.42. The number of benzene rings is 2. The Hall–Kier alpha value is -2.77. The van der Waals surface area contributed by atoms with E-state index in [1.807, 2.05) is 24.3 Å². The van der Waals surface area contributed by atoms with E-state index in [-0.39, 0.29) is 17.9 Å². The topological polar surface area (TPSA) is 47.6 Å². The van der Waals surface area contributed by atoms with Gasteiger partial charge in [-0.3, -0.25) is 0 Å². The number of amides is 1. The molecule has 0 saturated carbocycles. The smallest absolute Gasteiger partial charge is 0.408 e. The number of fused-ring (bicyclic) bond motifs is 3. The summed E-state index contributed by atoms with van der Waals surface area (Å²) in [6, 6.07) is 16.3. The number of hydrogen-bond acceptors (Lipinski definition) is 3. The first-order chi connectivity index (χ1) is 13.3. The van der Waals surface area contributed by atoms with Crippen LogP contribution in [0.15, 0.2) is 48.5 Å². The predicted molar refractivity (Wildman–Crippen MR) is 104 cm³/mol. The van der Waals surface area contributed by atoms with Crippen molar-refractivity contribution in [3.63, 3.8) is 0 Å². The van der Waals surface area contributed by atoms with Crippen molar-refractivity contribution in [1.82, 2.24) is 5.32 Å². The summed E-state index contributed by atoms with van der Waals surface area (Å²) in [6.45, 7) is 1.68. The van der Waals surface area contributed by atoms with Crippen LogP contribution in [-0.2, 0) is 9.47 Å². The zero-order chi connectivity index (χ0) is 18.6. The summed E-state index contributed by atoms with van der Waals surface area (Å²) < 4.78 is 11.0. The Kier molecular flexibility index (Phi) is 5.13. The van der Waals surface area contributed by atoms with E-state index < -0.39 is 6.09 Å². The summed E-state index contributed by atoms with van der Waals surface area (Å²) in [5.41, 5.74) is 4.82. The Morgan fingerprint density at radius 3 is 2.30 bits per heavy atom. The van der Waals surface area contributed by atoms with Gasteiger partial charge in [0.05, 0.1) is 6.04 Å². The van der Waals surface area contributed by atoms with E-state index in [0.717, 1.165) is 12.8 Å². The van der Waals surface area contributed by atoms with Crippen LogP contribution in [0.25, 0.3) is 11.1 Å². The highest BCUT2D eigenvalue weighted by atomic mass is 16.5. The lowest BCUT2D eigenvalue weighted by atomic mass is 9.92. The highest BCUT2D eigenvalue weighted by Crippen LogP contribution is 2.44. The third-order valence-corrected chi connectivity index (χ3v) is 5.53. The van der Waals surface area contributed by atoms with Gasteiger partial charge in [-0.2, -0.15) is 0 Å². The van der Waals surface area contributed by atoms with Gasteiger partial charge in [0.15, 0.2) is 0 Å². The molecule has 1 heterocycles. The van der Waals surface area contributed by atoms with Gasteiger partial charge in [-0.05, 0) is 41.0 Å². The van der Waals surface area contributed by atoms with Crippen molar-refractivity contribution in [2.24, 2.45) is 5.92 Å². The van der Waals surface area contributed by atoms with Gasteiger partial charge in [-0.25, -0.2) is 4.79 Å². The minimum Gasteiger partial charge on any atom is -0.449 e. The molecule has 1 aliphatic heterocycles. The lowest BCUT2D eigenvalue weighted by molar-refractivity contribution is 0.0585. The predicted octanol–water partition coefficient (Wildman–Crippen LogP) is 3.95. The molecule has 1 saturated heterocycles. The van der Waals surface area contributed by atoms with Gasteiger partial charge in [0, 0.05) is 19.1 Å². The lowest BCUT2D eigenvalue weighted by Gasteiger charge is -2.27. The summed E-state index contributed by atoms with van der Waals surface area (Å²) in [5.74, 6) is 2.99. The van der Waals surface area contributed by atoms with Crippen molar-refractivity contribution in [2.75, 3.05) is 19.8 Å². The summed E-state index contributed by atoms with van der Waals surface area (Å²) >= 11 is 0. The summed E-state index contributed by atoms with van der Waals surface area (Å²) in [6.07, 6.45) is 6.90. The number of carbonyl (C=O) groups excluding carboxylic acids is 1. The van der Waals surface area contributed by atoms with Crippen LogP contribution in [0.4, 0.5) is 4.79 Å². The highest BCUT2D eigenvalue weighted by Gasteiger charge is 2.30. The van der Waals surface area contributed by atoms with Crippen molar-refractivity contribution in [3.05, 3.63) is 59.7 Å².